The van der Waals surface area contributed by atoms with Gasteiger partial charge in [0.2, 0.25) is 5.91 Å². The van der Waals surface area contributed by atoms with Crippen molar-refractivity contribution in [2.24, 2.45) is 22.7 Å². The molecule has 0 aromatic carbocycles. The molecule has 1 N–H and O–H groups in total. The van der Waals surface area contributed by atoms with Crippen molar-refractivity contribution in [3.05, 3.63) is 0 Å². The molecule has 0 spiro atoms. The van der Waals surface area contributed by atoms with E-state index in [1.807, 2.05) is 0 Å². The van der Waals surface area contributed by atoms with Crippen molar-refractivity contribution in [2.75, 3.05) is 0 Å². The second-order valence-corrected chi connectivity index (χ2v) is 7.30. The van der Waals surface area contributed by atoms with Gasteiger partial charge in [0, 0.05) is 12.0 Å². The normalized spacial score (nSPS) is 43.5. The van der Waals surface area contributed by atoms with E-state index in [1.165, 1.54) is 25.7 Å². The maximum atomic E-state index is 12.1. The average molecular weight is 235 g/mol. The molecule has 0 heterocycles. The van der Waals surface area contributed by atoms with E-state index in [0.29, 0.717) is 28.7 Å². The summed E-state index contributed by atoms with van der Waals surface area (Å²) in [6.07, 6.45) is 7.33. The second kappa shape index (κ2) is 3.49. The third kappa shape index (κ3) is 1.42. The number of hydrogen-bond donors (Lipinski definition) is 1. The summed E-state index contributed by atoms with van der Waals surface area (Å²) in [5.74, 6) is 1.49. The molecule has 0 radical (unpaired) electrons. The Bertz CT molecular complexity index is 345. The van der Waals surface area contributed by atoms with Crippen LogP contribution in [-0.2, 0) is 4.79 Å². The minimum Gasteiger partial charge on any atom is -0.353 e. The summed E-state index contributed by atoms with van der Waals surface area (Å²) in [6.45, 7) is 7.20. The first kappa shape index (κ1) is 11.6. The number of carbonyl (C=O) groups is 1. The van der Waals surface area contributed by atoms with Crippen LogP contribution in [0.2, 0.25) is 0 Å². The summed E-state index contributed by atoms with van der Waals surface area (Å²) >= 11 is 0. The smallest absolute Gasteiger partial charge is 0.223 e. The van der Waals surface area contributed by atoms with Crippen molar-refractivity contribution in [3.8, 4) is 0 Å². The first-order chi connectivity index (χ1) is 7.95. The van der Waals surface area contributed by atoms with Gasteiger partial charge in [0.1, 0.15) is 0 Å². The van der Waals surface area contributed by atoms with Crippen molar-refractivity contribution >= 4 is 5.91 Å². The standard InChI is InChI=1S/C15H25NO/c1-14(2)11-7-8-15(14,3)12(9-11)16-13(17)10-5-4-6-10/h10-12H,4-9H2,1-3H3,(H,16,17)/t11-,12-,15-/m0/s1. The molecule has 3 aliphatic rings. The van der Waals surface area contributed by atoms with E-state index in [1.54, 1.807) is 0 Å². The second-order valence-electron chi connectivity index (χ2n) is 7.30. The Morgan fingerprint density at radius 1 is 1.18 bits per heavy atom. The summed E-state index contributed by atoms with van der Waals surface area (Å²) in [4.78, 5) is 12.1. The third-order valence-corrected chi connectivity index (χ3v) is 6.59. The molecular weight excluding hydrogens is 210 g/mol. The lowest BCUT2D eigenvalue weighted by atomic mass is 9.69. The van der Waals surface area contributed by atoms with Gasteiger partial charge >= 0.3 is 0 Å². The van der Waals surface area contributed by atoms with Gasteiger partial charge in [-0.05, 0) is 48.9 Å². The number of carbonyl (C=O) groups excluding carboxylic acids is 1. The summed E-state index contributed by atoms with van der Waals surface area (Å²) < 4.78 is 0. The molecule has 0 unspecified atom stereocenters. The van der Waals surface area contributed by atoms with Gasteiger partial charge < -0.3 is 5.32 Å². The van der Waals surface area contributed by atoms with E-state index < -0.39 is 0 Å². The highest BCUT2D eigenvalue weighted by molar-refractivity contribution is 5.79. The van der Waals surface area contributed by atoms with Crippen LogP contribution in [0.1, 0.15) is 59.3 Å². The van der Waals surface area contributed by atoms with Crippen LogP contribution >= 0.6 is 0 Å². The monoisotopic (exact) mass is 235 g/mol. The summed E-state index contributed by atoms with van der Waals surface area (Å²) in [5, 5.41) is 3.37. The van der Waals surface area contributed by atoms with Crippen LogP contribution in [0.5, 0.6) is 0 Å². The van der Waals surface area contributed by atoms with E-state index in [0.717, 1.165) is 18.8 Å². The van der Waals surface area contributed by atoms with E-state index in [9.17, 15) is 4.79 Å². The fourth-order valence-electron chi connectivity index (χ4n) is 4.38. The minimum absolute atomic E-state index is 0.330. The van der Waals surface area contributed by atoms with Gasteiger partial charge in [-0.3, -0.25) is 4.79 Å². The molecule has 0 aromatic rings. The van der Waals surface area contributed by atoms with Crippen LogP contribution in [0.15, 0.2) is 0 Å². The molecule has 2 nitrogen and oxygen atoms in total. The first-order valence-corrected chi connectivity index (χ1v) is 7.25. The lowest BCUT2D eigenvalue weighted by molar-refractivity contribution is -0.129. The van der Waals surface area contributed by atoms with Crippen LogP contribution < -0.4 is 5.32 Å². The number of nitrogens with one attached hydrogen (secondary N) is 1. The Balaban J connectivity index is 1.71. The third-order valence-electron chi connectivity index (χ3n) is 6.59. The zero-order chi connectivity index (χ0) is 12.3. The van der Waals surface area contributed by atoms with E-state index in [4.69, 9.17) is 0 Å². The number of hydrogen-bond acceptors (Lipinski definition) is 1. The van der Waals surface area contributed by atoms with Crippen molar-refractivity contribution in [1.82, 2.24) is 5.32 Å². The maximum Gasteiger partial charge on any atom is 0.223 e. The van der Waals surface area contributed by atoms with Gasteiger partial charge in [0.15, 0.2) is 0 Å². The predicted octanol–water partition coefficient (Wildman–Crippen LogP) is 3.12. The van der Waals surface area contributed by atoms with Crippen molar-refractivity contribution in [1.29, 1.82) is 0 Å². The highest BCUT2D eigenvalue weighted by atomic mass is 16.2. The first-order valence-electron chi connectivity index (χ1n) is 7.25. The fraction of sp³-hybridized carbons (Fsp3) is 0.933. The summed E-state index contributed by atoms with van der Waals surface area (Å²) in [7, 11) is 0. The molecule has 96 valence electrons. The lowest BCUT2D eigenvalue weighted by Gasteiger charge is -2.40. The zero-order valence-corrected chi connectivity index (χ0v) is 11.4. The molecule has 3 aliphatic carbocycles. The number of rotatable bonds is 2. The predicted molar refractivity (Wildman–Crippen MR) is 68.5 cm³/mol. The number of fused-ring (bicyclic) bond motifs is 2. The van der Waals surface area contributed by atoms with Crippen LogP contribution in [0, 0.1) is 22.7 Å². The molecule has 2 bridgehead atoms. The Kier molecular flexibility index (Phi) is 2.37. The van der Waals surface area contributed by atoms with Crippen molar-refractivity contribution < 1.29 is 4.79 Å². The molecule has 3 fully saturated rings. The van der Waals surface area contributed by atoms with Gasteiger partial charge in [0.05, 0.1) is 0 Å². The van der Waals surface area contributed by atoms with Crippen molar-refractivity contribution in [3.63, 3.8) is 0 Å². The Labute approximate surface area is 105 Å². The fourth-order valence-corrected chi connectivity index (χ4v) is 4.38. The lowest BCUT2D eigenvalue weighted by Crippen LogP contribution is -2.49. The van der Waals surface area contributed by atoms with Gasteiger partial charge in [-0.1, -0.05) is 27.2 Å². The Morgan fingerprint density at radius 3 is 2.29 bits per heavy atom. The van der Waals surface area contributed by atoms with Gasteiger partial charge in [0.25, 0.3) is 0 Å². The molecule has 0 aliphatic heterocycles. The topological polar surface area (TPSA) is 29.1 Å². The molecule has 2 heteroatoms. The van der Waals surface area contributed by atoms with Gasteiger partial charge in [-0.15, -0.1) is 0 Å². The average Bonchev–Trinajstić information content (AvgIpc) is 2.47. The highest BCUT2D eigenvalue weighted by Gasteiger charge is 2.61. The number of amides is 1. The van der Waals surface area contributed by atoms with Crippen LogP contribution in [-0.4, -0.2) is 11.9 Å². The summed E-state index contributed by atoms with van der Waals surface area (Å²) in [5.41, 5.74) is 0.738. The molecule has 1 amide bonds. The molecule has 3 saturated carbocycles. The molecule has 0 aromatic heterocycles. The minimum atomic E-state index is 0.330. The van der Waals surface area contributed by atoms with Gasteiger partial charge in [-0.25, -0.2) is 0 Å². The highest BCUT2D eigenvalue weighted by Crippen LogP contribution is 2.65. The summed E-state index contributed by atoms with van der Waals surface area (Å²) in [6, 6.07) is 0.435. The molecular formula is C15H25NO. The Morgan fingerprint density at radius 2 is 1.88 bits per heavy atom. The molecule has 3 rings (SSSR count). The van der Waals surface area contributed by atoms with Crippen LogP contribution in [0.3, 0.4) is 0 Å². The SMILES string of the molecule is CC1(C)[C@H]2CC[C@@]1(C)[C@@H](NC(=O)C1CCC1)C2. The molecule has 17 heavy (non-hydrogen) atoms. The molecule has 3 atom stereocenters. The van der Waals surface area contributed by atoms with Crippen LogP contribution in [0.4, 0.5) is 0 Å². The maximum absolute atomic E-state index is 12.1. The van der Waals surface area contributed by atoms with Crippen LogP contribution in [0.25, 0.3) is 0 Å². The van der Waals surface area contributed by atoms with E-state index in [2.05, 4.69) is 26.1 Å². The Hall–Kier alpha value is -0.530. The van der Waals surface area contributed by atoms with E-state index >= 15 is 0 Å². The van der Waals surface area contributed by atoms with Crippen molar-refractivity contribution in [2.45, 2.75) is 65.3 Å². The van der Waals surface area contributed by atoms with E-state index in [-0.39, 0.29) is 0 Å². The molecule has 0 saturated heterocycles. The quantitative estimate of drug-likeness (QED) is 0.783. The zero-order valence-electron chi connectivity index (χ0n) is 11.4. The largest absolute Gasteiger partial charge is 0.353 e. The van der Waals surface area contributed by atoms with Gasteiger partial charge in [-0.2, -0.15) is 0 Å².